The quantitative estimate of drug-likeness (QED) is 0.751. The van der Waals surface area contributed by atoms with E-state index in [1.54, 1.807) is 6.26 Å². The molecule has 4 nitrogen and oxygen atoms in total. The molecule has 0 aliphatic carbocycles. The Morgan fingerprint density at radius 3 is 2.80 bits per heavy atom. The van der Waals surface area contributed by atoms with Gasteiger partial charge in [0.1, 0.15) is 6.26 Å². The molecule has 0 spiro atoms. The van der Waals surface area contributed by atoms with Crippen LogP contribution in [0.2, 0.25) is 0 Å². The smallest absolute Gasteiger partial charge is 0.297 e. The van der Waals surface area contributed by atoms with Gasteiger partial charge in [-0.15, -0.1) is 0 Å². The summed E-state index contributed by atoms with van der Waals surface area (Å²) in [4.78, 5) is 6.54. The lowest BCUT2D eigenvalue weighted by atomic mass is 10.1. The molecule has 0 saturated carbocycles. The number of nitrogens with zero attached hydrogens (tertiary/aromatic N) is 2. The molecule has 4 heteroatoms. The van der Waals surface area contributed by atoms with E-state index in [1.807, 2.05) is 13.1 Å². The fourth-order valence-corrected chi connectivity index (χ4v) is 1.98. The van der Waals surface area contributed by atoms with Crippen molar-refractivity contribution in [2.24, 2.45) is 0 Å². The van der Waals surface area contributed by atoms with Crippen LogP contribution in [0.3, 0.4) is 0 Å². The van der Waals surface area contributed by atoms with Crippen LogP contribution in [-0.2, 0) is 13.0 Å². The molecule has 2 rings (SSSR count). The SMILES string of the molecule is CCCNCc1coc(N(C)CCc2ccccc2)n1. The number of nitrogens with one attached hydrogen (secondary N) is 1. The van der Waals surface area contributed by atoms with Crippen LogP contribution in [0.1, 0.15) is 24.6 Å². The van der Waals surface area contributed by atoms with Gasteiger partial charge in [0.15, 0.2) is 0 Å². The zero-order chi connectivity index (χ0) is 14.2. The molecule has 0 bridgehead atoms. The van der Waals surface area contributed by atoms with Crippen molar-refractivity contribution < 1.29 is 4.42 Å². The summed E-state index contributed by atoms with van der Waals surface area (Å²) >= 11 is 0. The molecule has 0 saturated heterocycles. The van der Waals surface area contributed by atoms with Crippen LogP contribution < -0.4 is 10.2 Å². The Kier molecular flexibility index (Phi) is 5.62. The second-order valence-electron chi connectivity index (χ2n) is 4.96. The van der Waals surface area contributed by atoms with Crippen LogP contribution in [0.5, 0.6) is 0 Å². The second kappa shape index (κ2) is 7.70. The van der Waals surface area contributed by atoms with E-state index < -0.39 is 0 Å². The molecule has 108 valence electrons. The Morgan fingerprint density at radius 1 is 1.25 bits per heavy atom. The topological polar surface area (TPSA) is 41.3 Å². The minimum absolute atomic E-state index is 0.689. The minimum atomic E-state index is 0.689. The number of oxazole rings is 1. The van der Waals surface area contributed by atoms with Crippen LogP contribution >= 0.6 is 0 Å². The van der Waals surface area contributed by atoms with Crippen LogP contribution in [-0.4, -0.2) is 25.1 Å². The molecule has 0 unspecified atom stereocenters. The Hall–Kier alpha value is -1.81. The van der Waals surface area contributed by atoms with Crippen molar-refractivity contribution in [2.45, 2.75) is 26.3 Å². The maximum Gasteiger partial charge on any atom is 0.297 e. The molecule has 0 amide bonds. The van der Waals surface area contributed by atoms with Crippen molar-refractivity contribution in [1.82, 2.24) is 10.3 Å². The second-order valence-corrected chi connectivity index (χ2v) is 4.96. The van der Waals surface area contributed by atoms with E-state index in [0.29, 0.717) is 6.01 Å². The van der Waals surface area contributed by atoms with Crippen molar-refractivity contribution in [3.05, 3.63) is 47.9 Å². The van der Waals surface area contributed by atoms with E-state index in [9.17, 15) is 0 Å². The largest absolute Gasteiger partial charge is 0.432 e. The fourth-order valence-electron chi connectivity index (χ4n) is 1.98. The maximum atomic E-state index is 5.52. The lowest BCUT2D eigenvalue weighted by Crippen LogP contribution is -2.21. The monoisotopic (exact) mass is 273 g/mol. The van der Waals surface area contributed by atoms with Crippen LogP contribution in [0, 0.1) is 0 Å². The maximum absolute atomic E-state index is 5.52. The van der Waals surface area contributed by atoms with Gasteiger partial charge in [-0.25, -0.2) is 0 Å². The third-order valence-electron chi connectivity index (χ3n) is 3.18. The molecule has 0 fully saturated rings. The number of aromatic nitrogens is 1. The standard InChI is InChI=1S/C16H23N3O/c1-3-10-17-12-15-13-20-16(18-15)19(2)11-9-14-7-5-4-6-8-14/h4-8,13,17H,3,9-12H2,1-2H3. The lowest BCUT2D eigenvalue weighted by molar-refractivity contribution is 0.543. The predicted octanol–water partition coefficient (Wildman–Crippen LogP) is 2.85. The number of benzene rings is 1. The predicted molar refractivity (Wildman–Crippen MR) is 81.9 cm³/mol. The van der Waals surface area contributed by atoms with Crippen molar-refractivity contribution in [3.63, 3.8) is 0 Å². The molecule has 0 radical (unpaired) electrons. The highest BCUT2D eigenvalue weighted by Crippen LogP contribution is 2.12. The summed E-state index contributed by atoms with van der Waals surface area (Å²) in [6.45, 7) is 4.82. The first-order chi connectivity index (χ1) is 9.79. The van der Waals surface area contributed by atoms with Crippen LogP contribution in [0.25, 0.3) is 0 Å². The Bertz CT molecular complexity index is 495. The average molecular weight is 273 g/mol. The Labute approximate surface area is 120 Å². The van der Waals surface area contributed by atoms with Gasteiger partial charge in [-0.2, -0.15) is 4.98 Å². The van der Waals surface area contributed by atoms with Gasteiger partial charge in [0.25, 0.3) is 6.01 Å². The number of rotatable bonds is 8. The van der Waals surface area contributed by atoms with Gasteiger partial charge in [-0.05, 0) is 24.9 Å². The molecule has 1 aromatic carbocycles. The van der Waals surface area contributed by atoms with Crippen molar-refractivity contribution in [3.8, 4) is 0 Å². The van der Waals surface area contributed by atoms with Gasteiger partial charge >= 0.3 is 0 Å². The van der Waals surface area contributed by atoms with Gasteiger partial charge < -0.3 is 14.6 Å². The van der Waals surface area contributed by atoms with Gasteiger partial charge in [-0.3, -0.25) is 0 Å². The summed E-state index contributed by atoms with van der Waals surface area (Å²) in [5.74, 6) is 0. The van der Waals surface area contributed by atoms with Gasteiger partial charge in [0, 0.05) is 20.1 Å². The molecule has 0 atom stereocenters. The van der Waals surface area contributed by atoms with Gasteiger partial charge in [0.2, 0.25) is 0 Å². The normalized spacial score (nSPS) is 10.7. The summed E-state index contributed by atoms with van der Waals surface area (Å²) < 4.78 is 5.52. The third kappa shape index (κ3) is 4.38. The third-order valence-corrected chi connectivity index (χ3v) is 3.18. The Balaban J connectivity index is 1.81. The molecule has 1 N–H and O–H groups in total. The van der Waals surface area contributed by atoms with E-state index in [2.05, 4.69) is 46.4 Å². The van der Waals surface area contributed by atoms with E-state index in [1.165, 1.54) is 5.56 Å². The Morgan fingerprint density at radius 2 is 2.05 bits per heavy atom. The van der Waals surface area contributed by atoms with Gasteiger partial charge in [-0.1, -0.05) is 37.3 Å². The van der Waals surface area contributed by atoms with E-state index in [4.69, 9.17) is 4.42 Å². The molecular weight excluding hydrogens is 250 g/mol. The number of likely N-dealkylation sites (N-methyl/N-ethyl adjacent to an activating group) is 1. The zero-order valence-electron chi connectivity index (χ0n) is 12.3. The highest BCUT2D eigenvalue weighted by Gasteiger charge is 2.08. The van der Waals surface area contributed by atoms with E-state index in [-0.39, 0.29) is 0 Å². The molecule has 1 heterocycles. The summed E-state index contributed by atoms with van der Waals surface area (Å²) in [6, 6.07) is 11.1. The fraction of sp³-hybridized carbons (Fsp3) is 0.438. The molecule has 2 aromatic rings. The molecule has 1 aromatic heterocycles. The first-order valence-corrected chi connectivity index (χ1v) is 7.19. The summed E-state index contributed by atoms with van der Waals surface area (Å²) in [5, 5.41) is 3.32. The van der Waals surface area contributed by atoms with Gasteiger partial charge in [0.05, 0.1) is 5.69 Å². The summed E-state index contributed by atoms with van der Waals surface area (Å²) in [6.07, 6.45) is 3.85. The van der Waals surface area contributed by atoms with E-state index in [0.717, 1.165) is 38.2 Å². The van der Waals surface area contributed by atoms with Crippen molar-refractivity contribution >= 4 is 6.01 Å². The number of anilines is 1. The number of hydrogen-bond donors (Lipinski definition) is 1. The summed E-state index contributed by atoms with van der Waals surface area (Å²) in [5.41, 5.74) is 2.29. The van der Waals surface area contributed by atoms with Crippen LogP contribution in [0.4, 0.5) is 6.01 Å². The average Bonchev–Trinajstić information content (AvgIpc) is 2.95. The summed E-state index contributed by atoms with van der Waals surface area (Å²) in [7, 11) is 2.01. The molecule has 0 aliphatic heterocycles. The first kappa shape index (κ1) is 14.6. The highest BCUT2D eigenvalue weighted by molar-refractivity contribution is 5.26. The number of hydrogen-bond acceptors (Lipinski definition) is 4. The highest BCUT2D eigenvalue weighted by atomic mass is 16.4. The van der Waals surface area contributed by atoms with Crippen LogP contribution in [0.15, 0.2) is 41.0 Å². The molecular formula is C16H23N3O. The lowest BCUT2D eigenvalue weighted by Gasteiger charge is -2.14. The van der Waals surface area contributed by atoms with Crippen molar-refractivity contribution in [1.29, 1.82) is 0 Å². The van der Waals surface area contributed by atoms with Crippen molar-refractivity contribution in [2.75, 3.05) is 25.0 Å². The first-order valence-electron chi connectivity index (χ1n) is 7.19. The molecule has 0 aliphatic rings. The van der Waals surface area contributed by atoms with E-state index >= 15 is 0 Å². The minimum Gasteiger partial charge on any atom is -0.432 e. The molecule has 20 heavy (non-hydrogen) atoms. The zero-order valence-corrected chi connectivity index (χ0v) is 12.3.